The Morgan fingerprint density at radius 2 is 1.81 bits per heavy atom. The van der Waals surface area contributed by atoms with Gasteiger partial charge in [-0.15, -0.1) is 11.3 Å². The second kappa shape index (κ2) is 11.3. The topological polar surface area (TPSA) is 96.2 Å². The van der Waals surface area contributed by atoms with Crippen molar-refractivity contribution in [2.24, 2.45) is 0 Å². The number of sulfonamides is 1. The minimum Gasteiger partial charge on any atom is -0.497 e. The van der Waals surface area contributed by atoms with Crippen molar-refractivity contribution in [3.05, 3.63) is 63.0 Å². The van der Waals surface area contributed by atoms with Gasteiger partial charge in [0.25, 0.3) is 5.91 Å². The molecule has 4 rings (SSSR count). The summed E-state index contributed by atoms with van der Waals surface area (Å²) in [6, 6.07) is 5.00. The predicted octanol–water partition coefficient (Wildman–Crippen LogP) is 4.05. The Bertz CT molecular complexity index is 1340. The van der Waals surface area contributed by atoms with Gasteiger partial charge >= 0.3 is 0 Å². The maximum Gasteiger partial charge on any atom is 0.257 e. The molecule has 3 aromatic rings. The maximum absolute atomic E-state index is 13.3. The summed E-state index contributed by atoms with van der Waals surface area (Å²) in [5.74, 6) is 0.780. The van der Waals surface area contributed by atoms with Crippen LogP contribution < -0.4 is 4.74 Å². The number of hydrogen-bond acceptors (Lipinski definition) is 8. The Morgan fingerprint density at radius 1 is 1.14 bits per heavy atom. The monoisotopic (exact) mass is 546 g/mol. The molecule has 1 saturated heterocycles. The van der Waals surface area contributed by atoms with Gasteiger partial charge in [-0.05, 0) is 69.1 Å². The second-order valence-electron chi connectivity index (χ2n) is 9.53. The van der Waals surface area contributed by atoms with Gasteiger partial charge in [-0.2, -0.15) is 4.31 Å². The number of rotatable bonds is 10. The molecule has 0 saturated carbocycles. The molecule has 1 aliphatic heterocycles. The Labute approximate surface area is 222 Å². The first-order valence-electron chi connectivity index (χ1n) is 12.2. The van der Waals surface area contributed by atoms with Crippen LogP contribution in [0, 0.1) is 13.8 Å². The molecular formula is C26H34N4O5S2. The van der Waals surface area contributed by atoms with Crippen LogP contribution in [0.4, 0.5) is 0 Å². The van der Waals surface area contributed by atoms with Gasteiger partial charge in [-0.25, -0.2) is 13.4 Å². The molecule has 1 amide bonds. The van der Waals surface area contributed by atoms with Crippen LogP contribution in [-0.4, -0.2) is 67.7 Å². The van der Waals surface area contributed by atoms with Gasteiger partial charge in [0, 0.05) is 26.0 Å². The largest absolute Gasteiger partial charge is 0.497 e. The highest BCUT2D eigenvalue weighted by atomic mass is 32.2. The van der Waals surface area contributed by atoms with Crippen molar-refractivity contribution in [2.45, 2.75) is 51.2 Å². The van der Waals surface area contributed by atoms with Crippen LogP contribution in [0.2, 0.25) is 0 Å². The predicted molar refractivity (Wildman–Crippen MR) is 142 cm³/mol. The smallest absolute Gasteiger partial charge is 0.257 e. The van der Waals surface area contributed by atoms with Crippen molar-refractivity contribution in [1.82, 2.24) is 19.1 Å². The average Bonchev–Trinajstić information content (AvgIpc) is 3.61. The fourth-order valence-corrected chi connectivity index (χ4v) is 7.01. The van der Waals surface area contributed by atoms with E-state index < -0.39 is 10.0 Å². The number of likely N-dealkylation sites (tertiary alicyclic amines) is 1. The number of ether oxygens (including phenoxy) is 1. The van der Waals surface area contributed by atoms with Crippen molar-refractivity contribution in [3.63, 3.8) is 0 Å². The van der Waals surface area contributed by atoms with E-state index in [2.05, 4.69) is 10.3 Å². The fourth-order valence-electron chi connectivity index (χ4n) is 4.63. The number of methoxy groups -OCH3 is 1. The highest BCUT2D eigenvalue weighted by Crippen LogP contribution is 2.28. The van der Waals surface area contributed by atoms with E-state index in [1.165, 1.54) is 30.5 Å². The third-order valence-corrected chi connectivity index (χ3v) is 9.51. The van der Waals surface area contributed by atoms with Gasteiger partial charge in [0.15, 0.2) is 0 Å². The average molecular weight is 547 g/mol. The Morgan fingerprint density at radius 3 is 2.46 bits per heavy atom. The van der Waals surface area contributed by atoms with E-state index in [4.69, 9.17) is 14.1 Å². The van der Waals surface area contributed by atoms with E-state index >= 15 is 0 Å². The number of hydrogen-bond donors (Lipinski definition) is 0. The summed E-state index contributed by atoms with van der Waals surface area (Å²) >= 11 is 1.56. The standard InChI is InChI=1S/C26H34N4O5S2/c1-18-10-22(34-5)11-19(2)25(18)37(32,33)29(4)14-23-12-20(16-35-23)26(31)28(3)15-24-27-21(17-36-24)13-30-8-6-7-9-30/h10-12,16-17H,6-9,13-15H2,1-5H3. The first-order valence-corrected chi connectivity index (χ1v) is 14.5. The highest BCUT2D eigenvalue weighted by Gasteiger charge is 2.27. The maximum atomic E-state index is 13.3. The minimum absolute atomic E-state index is 0.00340. The Balaban J connectivity index is 1.39. The summed E-state index contributed by atoms with van der Waals surface area (Å²) in [6.45, 7) is 6.96. The number of carbonyl (C=O) groups is 1. The molecule has 0 radical (unpaired) electrons. The van der Waals surface area contributed by atoms with Crippen LogP contribution in [0.15, 0.2) is 39.2 Å². The van der Waals surface area contributed by atoms with Crippen LogP contribution in [0.5, 0.6) is 5.75 Å². The van der Waals surface area contributed by atoms with Crippen molar-refractivity contribution in [1.29, 1.82) is 0 Å². The van der Waals surface area contributed by atoms with Crippen molar-refractivity contribution in [3.8, 4) is 5.75 Å². The highest BCUT2D eigenvalue weighted by molar-refractivity contribution is 7.89. The van der Waals surface area contributed by atoms with Crippen molar-refractivity contribution >= 4 is 27.3 Å². The van der Waals surface area contributed by atoms with E-state index in [9.17, 15) is 13.2 Å². The van der Waals surface area contributed by atoms with E-state index in [1.54, 1.807) is 62.4 Å². The number of amides is 1. The molecule has 37 heavy (non-hydrogen) atoms. The molecule has 200 valence electrons. The lowest BCUT2D eigenvalue weighted by molar-refractivity contribution is 0.0784. The molecule has 0 atom stereocenters. The third-order valence-electron chi connectivity index (χ3n) is 6.52. The summed E-state index contributed by atoms with van der Waals surface area (Å²) in [7, 11) is 0.983. The van der Waals surface area contributed by atoms with Crippen LogP contribution in [0.25, 0.3) is 0 Å². The number of benzene rings is 1. The van der Waals surface area contributed by atoms with Gasteiger partial charge in [0.05, 0.1) is 36.4 Å². The summed E-state index contributed by atoms with van der Waals surface area (Å²) < 4.78 is 38.6. The lowest BCUT2D eigenvalue weighted by Gasteiger charge is -2.19. The molecule has 0 spiro atoms. The number of aryl methyl sites for hydroxylation is 2. The van der Waals surface area contributed by atoms with E-state index in [1.807, 2.05) is 0 Å². The molecule has 0 bridgehead atoms. The number of nitrogens with zero attached hydrogens (tertiary/aromatic N) is 4. The molecule has 0 aliphatic carbocycles. The molecule has 3 heterocycles. The van der Waals surface area contributed by atoms with Crippen LogP contribution in [0.1, 0.15) is 50.8 Å². The Kier molecular flexibility index (Phi) is 8.37. The molecule has 0 N–H and O–H groups in total. The lowest BCUT2D eigenvalue weighted by atomic mass is 10.1. The quantitative estimate of drug-likeness (QED) is 0.379. The second-order valence-corrected chi connectivity index (χ2v) is 12.5. The lowest BCUT2D eigenvalue weighted by Crippen LogP contribution is -2.28. The summed E-state index contributed by atoms with van der Waals surface area (Å²) in [6.07, 6.45) is 3.85. The van der Waals surface area contributed by atoms with Gasteiger partial charge < -0.3 is 14.1 Å². The normalized spacial score (nSPS) is 14.4. The molecule has 2 aromatic heterocycles. The first kappa shape index (κ1) is 27.3. The number of furan rings is 1. The SMILES string of the molecule is COc1cc(C)c(S(=O)(=O)N(C)Cc2cc(C(=O)N(C)Cc3nc(CN4CCCC4)cs3)co2)c(C)c1. The van der Waals surface area contributed by atoms with E-state index in [0.29, 0.717) is 34.7 Å². The minimum atomic E-state index is -3.79. The van der Waals surface area contributed by atoms with Crippen LogP contribution in [-0.2, 0) is 29.7 Å². The van der Waals surface area contributed by atoms with Crippen molar-refractivity contribution < 1.29 is 22.4 Å². The van der Waals surface area contributed by atoms with Gasteiger partial charge in [-0.1, -0.05) is 0 Å². The van der Waals surface area contributed by atoms with Gasteiger partial charge in [-0.3, -0.25) is 9.69 Å². The van der Waals surface area contributed by atoms with Crippen LogP contribution in [0.3, 0.4) is 0 Å². The van der Waals surface area contributed by atoms with Crippen LogP contribution >= 0.6 is 11.3 Å². The summed E-state index contributed by atoms with van der Waals surface area (Å²) in [4.78, 5) is 21.9. The molecular weight excluding hydrogens is 512 g/mol. The van der Waals surface area contributed by atoms with E-state index in [-0.39, 0.29) is 17.3 Å². The van der Waals surface area contributed by atoms with E-state index in [0.717, 1.165) is 30.3 Å². The first-order chi connectivity index (χ1) is 17.6. The number of aromatic nitrogens is 1. The molecule has 11 heteroatoms. The van der Waals surface area contributed by atoms with Gasteiger partial charge in [0.2, 0.25) is 10.0 Å². The molecule has 1 aliphatic rings. The van der Waals surface area contributed by atoms with Crippen molar-refractivity contribution in [2.75, 3.05) is 34.3 Å². The number of thiazole rings is 1. The molecule has 0 unspecified atom stereocenters. The summed E-state index contributed by atoms with van der Waals surface area (Å²) in [5, 5.41) is 2.94. The van der Waals surface area contributed by atoms with Gasteiger partial charge in [0.1, 0.15) is 22.8 Å². The zero-order valence-electron chi connectivity index (χ0n) is 22.0. The zero-order valence-corrected chi connectivity index (χ0v) is 23.6. The summed E-state index contributed by atoms with van der Waals surface area (Å²) in [5.41, 5.74) is 2.62. The zero-order chi connectivity index (χ0) is 26.7. The molecule has 1 aromatic carbocycles. The number of carbonyl (C=O) groups excluding carboxylic acids is 1. The third kappa shape index (κ3) is 6.23. The molecule has 9 nitrogen and oxygen atoms in total. The molecule has 1 fully saturated rings. The Hall–Kier alpha value is -2.73. The fraction of sp³-hybridized carbons (Fsp3) is 0.462.